The van der Waals surface area contributed by atoms with E-state index in [-0.39, 0.29) is 0 Å². The first kappa shape index (κ1) is 15.4. The second-order valence-corrected chi connectivity index (χ2v) is 6.61. The topological polar surface area (TPSA) is 24.9 Å². The van der Waals surface area contributed by atoms with Crippen molar-refractivity contribution in [2.24, 2.45) is 0 Å². The minimum atomic E-state index is 0.854. The summed E-state index contributed by atoms with van der Waals surface area (Å²) in [6.07, 6.45) is 0. The van der Waals surface area contributed by atoms with Gasteiger partial charge < -0.3 is 9.47 Å². The van der Waals surface area contributed by atoms with E-state index in [4.69, 9.17) is 9.47 Å². The molecule has 3 rings (SSSR count). The van der Waals surface area contributed by atoms with Gasteiger partial charge in [-0.1, -0.05) is 22.0 Å². The predicted molar refractivity (Wildman–Crippen MR) is 86.3 cm³/mol. The van der Waals surface area contributed by atoms with Crippen LogP contribution in [0.25, 0.3) is 0 Å². The molecule has 116 valence electrons. The lowest BCUT2D eigenvalue weighted by atomic mass is 10.1. The third kappa shape index (κ3) is 4.50. The molecule has 4 nitrogen and oxygen atoms in total. The fourth-order valence-corrected chi connectivity index (χ4v) is 3.30. The van der Waals surface area contributed by atoms with Crippen LogP contribution in [0.4, 0.5) is 0 Å². The molecule has 0 radical (unpaired) electrons. The van der Waals surface area contributed by atoms with Crippen LogP contribution in [0.15, 0.2) is 22.7 Å². The summed E-state index contributed by atoms with van der Waals surface area (Å²) in [5.41, 5.74) is 2.87. The second-order valence-electron chi connectivity index (χ2n) is 5.69. The van der Waals surface area contributed by atoms with Crippen LogP contribution in [0.1, 0.15) is 11.1 Å². The third-order valence-electron chi connectivity index (χ3n) is 4.16. The van der Waals surface area contributed by atoms with E-state index in [9.17, 15) is 0 Å². The summed E-state index contributed by atoms with van der Waals surface area (Å²) in [7, 11) is 0. The number of hydrogen-bond acceptors (Lipinski definition) is 4. The van der Waals surface area contributed by atoms with Crippen LogP contribution in [0.5, 0.6) is 0 Å². The number of morpholine rings is 2. The van der Waals surface area contributed by atoms with E-state index in [1.54, 1.807) is 0 Å². The van der Waals surface area contributed by atoms with Gasteiger partial charge in [-0.15, -0.1) is 0 Å². The van der Waals surface area contributed by atoms with Crippen molar-refractivity contribution in [1.29, 1.82) is 0 Å². The van der Waals surface area contributed by atoms with Gasteiger partial charge in [-0.3, -0.25) is 9.80 Å². The van der Waals surface area contributed by atoms with E-state index in [1.807, 2.05) is 0 Å². The zero-order valence-electron chi connectivity index (χ0n) is 12.4. The van der Waals surface area contributed by atoms with Gasteiger partial charge in [-0.2, -0.15) is 0 Å². The summed E-state index contributed by atoms with van der Waals surface area (Å²) in [6, 6.07) is 6.68. The molecule has 0 saturated carbocycles. The number of rotatable bonds is 4. The van der Waals surface area contributed by atoms with E-state index < -0.39 is 0 Å². The Morgan fingerprint density at radius 3 is 1.90 bits per heavy atom. The van der Waals surface area contributed by atoms with Crippen LogP contribution < -0.4 is 0 Å². The van der Waals surface area contributed by atoms with Crippen LogP contribution in [-0.4, -0.2) is 62.4 Å². The maximum Gasteiger partial charge on any atom is 0.0594 e. The second kappa shape index (κ2) is 7.70. The summed E-state index contributed by atoms with van der Waals surface area (Å²) in [6.45, 7) is 9.59. The fraction of sp³-hybridized carbons (Fsp3) is 0.625. The van der Waals surface area contributed by atoms with Gasteiger partial charge in [-0.05, 0) is 23.3 Å². The average Bonchev–Trinajstić information content (AvgIpc) is 2.52. The zero-order valence-corrected chi connectivity index (χ0v) is 14.0. The van der Waals surface area contributed by atoms with Gasteiger partial charge in [-0.25, -0.2) is 0 Å². The highest BCUT2D eigenvalue weighted by Crippen LogP contribution is 2.21. The Morgan fingerprint density at radius 2 is 1.33 bits per heavy atom. The molecule has 1 aromatic carbocycles. The molecule has 2 aliphatic rings. The molecule has 0 unspecified atom stereocenters. The van der Waals surface area contributed by atoms with Gasteiger partial charge in [0, 0.05) is 43.7 Å². The smallest absolute Gasteiger partial charge is 0.0594 e. The number of hydrogen-bond donors (Lipinski definition) is 0. The van der Waals surface area contributed by atoms with Crippen molar-refractivity contribution in [1.82, 2.24) is 9.80 Å². The molecule has 2 aliphatic heterocycles. The van der Waals surface area contributed by atoms with E-state index >= 15 is 0 Å². The van der Waals surface area contributed by atoms with Crippen molar-refractivity contribution in [3.8, 4) is 0 Å². The lowest BCUT2D eigenvalue weighted by Crippen LogP contribution is -2.37. The van der Waals surface area contributed by atoms with Crippen LogP contribution in [-0.2, 0) is 22.6 Å². The molecular formula is C16H23BrN2O2. The Morgan fingerprint density at radius 1 is 0.810 bits per heavy atom. The largest absolute Gasteiger partial charge is 0.379 e. The molecule has 0 spiro atoms. The quantitative estimate of drug-likeness (QED) is 0.826. The molecule has 0 aromatic heterocycles. The molecule has 2 heterocycles. The van der Waals surface area contributed by atoms with E-state index in [0.717, 1.165) is 70.2 Å². The Balaban J connectivity index is 1.69. The molecule has 5 heteroatoms. The van der Waals surface area contributed by atoms with Gasteiger partial charge in [0.15, 0.2) is 0 Å². The Labute approximate surface area is 135 Å². The maximum absolute atomic E-state index is 5.44. The molecule has 0 atom stereocenters. The van der Waals surface area contributed by atoms with Crippen molar-refractivity contribution in [2.45, 2.75) is 13.1 Å². The van der Waals surface area contributed by atoms with E-state index in [2.05, 4.69) is 43.9 Å². The van der Waals surface area contributed by atoms with Gasteiger partial charge >= 0.3 is 0 Å². The zero-order chi connectivity index (χ0) is 14.5. The van der Waals surface area contributed by atoms with Crippen LogP contribution in [0.3, 0.4) is 0 Å². The summed E-state index contributed by atoms with van der Waals surface area (Å²) >= 11 is 3.61. The highest BCUT2D eigenvalue weighted by Gasteiger charge is 2.16. The molecule has 0 amide bonds. The first-order valence-corrected chi connectivity index (χ1v) is 8.48. The number of nitrogens with zero attached hydrogens (tertiary/aromatic N) is 2. The van der Waals surface area contributed by atoms with Crippen molar-refractivity contribution in [2.75, 3.05) is 52.6 Å². The molecule has 0 aliphatic carbocycles. The highest BCUT2D eigenvalue weighted by molar-refractivity contribution is 9.10. The van der Waals surface area contributed by atoms with Gasteiger partial charge in [0.05, 0.1) is 26.4 Å². The predicted octanol–water partition coefficient (Wildman–Crippen LogP) is 2.11. The minimum Gasteiger partial charge on any atom is -0.379 e. The lowest BCUT2D eigenvalue weighted by molar-refractivity contribution is 0.0309. The van der Waals surface area contributed by atoms with Gasteiger partial charge in [0.1, 0.15) is 0 Å². The van der Waals surface area contributed by atoms with Gasteiger partial charge in [0.25, 0.3) is 0 Å². The molecule has 0 N–H and O–H groups in total. The van der Waals surface area contributed by atoms with Crippen molar-refractivity contribution >= 4 is 15.9 Å². The van der Waals surface area contributed by atoms with Crippen LogP contribution in [0.2, 0.25) is 0 Å². The first-order chi connectivity index (χ1) is 10.3. The van der Waals surface area contributed by atoms with Crippen molar-refractivity contribution in [3.05, 3.63) is 33.8 Å². The molecule has 2 fully saturated rings. The molecular weight excluding hydrogens is 332 g/mol. The number of benzene rings is 1. The van der Waals surface area contributed by atoms with Crippen LogP contribution >= 0.6 is 15.9 Å². The molecule has 1 aromatic rings. The molecule has 0 bridgehead atoms. The monoisotopic (exact) mass is 354 g/mol. The van der Waals surface area contributed by atoms with Crippen molar-refractivity contribution < 1.29 is 9.47 Å². The summed E-state index contributed by atoms with van der Waals surface area (Å²) in [4.78, 5) is 4.96. The number of ether oxygens (including phenoxy) is 2. The Hall–Kier alpha value is -0.460. The molecule has 21 heavy (non-hydrogen) atoms. The first-order valence-electron chi connectivity index (χ1n) is 7.69. The number of halogens is 1. The fourth-order valence-electron chi connectivity index (χ4n) is 2.90. The van der Waals surface area contributed by atoms with Crippen molar-refractivity contribution in [3.63, 3.8) is 0 Å². The normalized spacial score (nSPS) is 21.6. The SMILES string of the molecule is Brc1ccc(CN2CCOCC2)c(CN2CCOCC2)c1. The maximum atomic E-state index is 5.44. The summed E-state index contributed by atoms with van der Waals surface area (Å²) in [5, 5.41) is 0. The minimum absolute atomic E-state index is 0.854. The standard InChI is InChI=1S/C16H23BrN2O2/c17-16-2-1-14(12-18-3-7-20-8-4-18)15(11-16)13-19-5-9-21-10-6-19/h1-2,11H,3-10,12-13H2. The van der Waals surface area contributed by atoms with Crippen LogP contribution in [0, 0.1) is 0 Å². The summed E-state index contributed by atoms with van der Waals surface area (Å²) in [5.74, 6) is 0. The van der Waals surface area contributed by atoms with E-state index in [0.29, 0.717) is 0 Å². The molecule has 2 saturated heterocycles. The van der Waals surface area contributed by atoms with Gasteiger partial charge in [0.2, 0.25) is 0 Å². The third-order valence-corrected chi connectivity index (χ3v) is 4.66. The summed E-state index contributed by atoms with van der Waals surface area (Å²) < 4.78 is 12.0. The van der Waals surface area contributed by atoms with E-state index in [1.165, 1.54) is 11.1 Å². The highest BCUT2D eigenvalue weighted by atomic mass is 79.9. The Kier molecular flexibility index (Phi) is 5.66. The Bertz CT molecular complexity index is 458. The average molecular weight is 355 g/mol. The lowest BCUT2D eigenvalue weighted by Gasteiger charge is -2.30.